The van der Waals surface area contributed by atoms with Crippen molar-refractivity contribution in [3.63, 3.8) is 0 Å². The highest BCUT2D eigenvalue weighted by Crippen LogP contribution is 2.34. The molecule has 1 aliphatic rings. The van der Waals surface area contributed by atoms with Crippen LogP contribution in [0.15, 0.2) is 0 Å². The highest BCUT2D eigenvalue weighted by Gasteiger charge is 2.48. The number of alkyl halides is 1. The van der Waals surface area contributed by atoms with Gasteiger partial charge in [0.2, 0.25) is 0 Å². The summed E-state index contributed by atoms with van der Waals surface area (Å²) in [5.41, 5.74) is 0. The summed E-state index contributed by atoms with van der Waals surface area (Å²) in [6, 6.07) is 2.26. The van der Waals surface area contributed by atoms with Gasteiger partial charge in [0.15, 0.2) is 22.9 Å². The predicted molar refractivity (Wildman–Crippen MR) is 110 cm³/mol. The number of hydrogen-bond donors (Lipinski definition) is 0. The van der Waals surface area contributed by atoms with E-state index < -0.39 is 28.3 Å². The predicted octanol–water partition coefficient (Wildman–Crippen LogP) is 5.90. The van der Waals surface area contributed by atoms with E-state index in [0.717, 1.165) is 12.1 Å². The summed E-state index contributed by atoms with van der Waals surface area (Å²) < 4.78 is 23.5. The Bertz CT molecular complexity index is 386. The zero-order valence-corrected chi connectivity index (χ0v) is 20.2. The third-order valence-corrected chi connectivity index (χ3v) is 10.3. The summed E-state index contributed by atoms with van der Waals surface area (Å²) in [5, 5.41) is -0.417. The molecule has 0 aromatic rings. The largest absolute Gasteiger partial charge is 0.415 e. The second-order valence-electron chi connectivity index (χ2n) is 8.20. The number of halogens is 2. The van der Waals surface area contributed by atoms with Crippen molar-refractivity contribution in [1.82, 2.24) is 0 Å². The summed E-state index contributed by atoms with van der Waals surface area (Å²) >= 11 is 12.1. The van der Waals surface area contributed by atoms with Crippen LogP contribution in [0.2, 0.25) is 38.3 Å². The Hall–Kier alpha value is 0.854. The average Bonchev–Trinajstić information content (AvgIpc) is 2.85. The highest BCUT2D eigenvalue weighted by atomic mass is 35.5. The van der Waals surface area contributed by atoms with Crippen LogP contribution < -0.4 is 0 Å². The molecule has 0 N–H and O–H groups in total. The van der Waals surface area contributed by atoms with Crippen molar-refractivity contribution < 1.29 is 17.9 Å². The first-order valence-electron chi connectivity index (χ1n) is 9.54. The molecular weight excluding hydrogens is 395 g/mol. The van der Waals surface area contributed by atoms with Gasteiger partial charge in [-0.05, 0) is 38.3 Å². The minimum absolute atomic E-state index is 0.229. The summed E-state index contributed by atoms with van der Waals surface area (Å²) in [6.07, 6.45) is 3.61. The van der Waals surface area contributed by atoms with E-state index in [9.17, 15) is 0 Å². The lowest BCUT2D eigenvalue weighted by Crippen LogP contribution is -2.45. The Kier molecular flexibility index (Phi) is 10.5. The Labute approximate surface area is 166 Å². The minimum Gasteiger partial charge on any atom is -0.415 e. The van der Waals surface area contributed by atoms with Gasteiger partial charge in [-0.15, -0.1) is 11.6 Å². The molecule has 8 heteroatoms. The maximum atomic E-state index is 6.53. The van der Waals surface area contributed by atoms with Crippen LogP contribution >= 0.6 is 23.5 Å². The van der Waals surface area contributed by atoms with Crippen LogP contribution in [-0.4, -0.2) is 47.1 Å². The fourth-order valence-electron chi connectivity index (χ4n) is 3.04. The van der Waals surface area contributed by atoms with Crippen molar-refractivity contribution in [3.8, 4) is 0 Å². The molecule has 0 aromatic carbocycles. The Balaban J connectivity index is 2.70. The Morgan fingerprint density at radius 1 is 0.960 bits per heavy atom. The number of hydrogen-bond acceptors (Lipinski definition) is 4. The molecule has 0 saturated carbocycles. The molecule has 0 aromatic heterocycles. The molecule has 4 nitrogen and oxygen atoms in total. The fourth-order valence-corrected chi connectivity index (χ4v) is 7.98. The van der Waals surface area contributed by atoms with E-state index in [2.05, 4.69) is 40.0 Å². The van der Waals surface area contributed by atoms with Crippen LogP contribution in [0.1, 0.15) is 39.5 Å². The molecule has 1 heterocycles. The van der Waals surface area contributed by atoms with Crippen molar-refractivity contribution in [2.24, 2.45) is 0 Å². The van der Waals surface area contributed by atoms with Gasteiger partial charge in [-0.1, -0.05) is 39.5 Å². The molecule has 0 spiro atoms. The normalized spacial score (nSPS) is 27.8. The molecule has 0 bridgehead atoms. The molecule has 25 heavy (non-hydrogen) atoms. The van der Waals surface area contributed by atoms with Gasteiger partial charge in [-0.3, -0.25) is 0 Å². The third kappa shape index (κ3) is 8.17. The van der Waals surface area contributed by atoms with Gasteiger partial charge in [0.25, 0.3) is 0 Å². The van der Waals surface area contributed by atoms with Crippen molar-refractivity contribution in [1.29, 1.82) is 0 Å². The van der Waals surface area contributed by atoms with E-state index in [1.165, 1.54) is 25.7 Å². The summed E-state index contributed by atoms with van der Waals surface area (Å²) in [5.74, 6) is 0. The fraction of sp³-hybridized carbons (Fsp3) is 1.00. The van der Waals surface area contributed by atoms with Gasteiger partial charge in [0, 0.05) is 0 Å². The van der Waals surface area contributed by atoms with Crippen molar-refractivity contribution >= 4 is 40.1 Å². The molecule has 150 valence electrons. The number of ether oxygens (including phenoxy) is 1. The van der Waals surface area contributed by atoms with E-state index in [-0.39, 0.29) is 12.2 Å². The first-order chi connectivity index (χ1) is 11.7. The van der Waals surface area contributed by atoms with Crippen LogP contribution in [0.4, 0.5) is 0 Å². The van der Waals surface area contributed by atoms with Crippen molar-refractivity contribution in [3.05, 3.63) is 0 Å². The van der Waals surface area contributed by atoms with Gasteiger partial charge in [-0.2, -0.15) is 0 Å². The highest BCUT2D eigenvalue weighted by molar-refractivity contribution is 6.71. The zero-order chi connectivity index (χ0) is 19.1. The molecule has 4 atom stereocenters. The van der Waals surface area contributed by atoms with Gasteiger partial charge in [-0.25, -0.2) is 4.29 Å². The van der Waals surface area contributed by atoms with Gasteiger partial charge in [0.05, 0.1) is 24.6 Å². The van der Waals surface area contributed by atoms with Gasteiger partial charge in [0.1, 0.15) is 11.5 Å². The topological polar surface area (TPSA) is 36.9 Å². The number of unbranched alkanes of at least 4 members (excludes halogenated alkanes) is 2. The van der Waals surface area contributed by atoms with Gasteiger partial charge >= 0.3 is 0 Å². The van der Waals surface area contributed by atoms with E-state index in [0.29, 0.717) is 6.61 Å². The van der Waals surface area contributed by atoms with Crippen molar-refractivity contribution in [2.45, 2.75) is 102 Å². The summed E-state index contributed by atoms with van der Waals surface area (Å²) in [7, 11) is -3.51. The molecular formula is C17H36Cl2O4Si2. The second kappa shape index (κ2) is 11.0. The Morgan fingerprint density at radius 3 is 2.04 bits per heavy atom. The van der Waals surface area contributed by atoms with E-state index in [1.807, 2.05) is 0 Å². The maximum Gasteiger partial charge on any atom is 0.196 e. The lowest BCUT2D eigenvalue weighted by molar-refractivity contribution is -0.0864. The number of rotatable bonds is 12. The summed E-state index contributed by atoms with van der Waals surface area (Å²) in [4.78, 5) is 0. The van der Waals surface area contributed by atoms with E-state index in [4.69, 9.17) is 41.3 Å². The van der Waals surface area contributed by atoms with Crippen LogP contribution in [0.3, 0.4) is 0 Å². The smallest absolute Gasteiger partial charge is 0.196 e. The standard InChI is InChI=1S/C17H36Cl2O4Si2/c1-7-9-11-24(3,4)20-13-14-16(15(18)17(21-14)22-19)23-25(5,6)12-10-8-2/h14-17H,7-13H2,1-6H3/t14-,15-,16-,17?/m1/s1. The van der Waals surface area contributed by atoms with Crippen molar-refractivity contribution in [2.75, 3.05) is 6.61 Å². The van der Waals surface area contributed by atoms with Crippen LogP contribution in [0.25, 0.3) is 0 Å². The first-order valence-corrected chi connectivity index (χ1v) is 16.5. The molecule has 1 fully saturated rings. The van der Waals surface area contributed by atoms with Crippen LogP contribution in [0.5, 0.6) is 0 Å². The lowest BCUT2D eigenvalue weighted by atomic mass is 10.2. The second-order valence-corrected chi connectivity index (χ2v) is 17.4. The Morgan fingerprint density at radius 2 is 1.52 bits per heavy atom. The first kappa shape index (κ1) is 23.9. The maximum absolute atomic E-state index is 6.53. The van der Waals surface area contributed by atoms with E-state index in [1.54, 1.807) is 0 Å². The third-order valence-electron chi connectivity index (χ3n) is 4.70. The molecule has 1 rings (SSSR count). The molecule has 1 unspecified atom stereocenters. The molecule has 0 amide bonds. The average molecular weight is 432 g/mol. The monoisotopic (exact) mass is 430 g/mol. The minimum atomic E-state index is -1.82. The zero-order valence-electron chi connectivity index (χ0n) is 16.6. The van der Waals surface area contributed by atoms with E-state index >= 15 is 0 Å². The quantitative estimate of drug-likeness (QED) is 0.285. The summed E-state index contributed by atoms with van der Waals surface area (Å²) in [6.45, 7) is 13.9. The SMILES string of the molecule is CCCC[Si](C)(C)OC[C@H]1OC(OCl)[C@H](Cl)[C@@H]1O[Si](C)(C)CCCC. The molecule has 0 radical (unpaired) electrons. The molecule has 1 aliphatic heterocycles. The molecule has 1 saturated heterocycles. The van der Waals surface area contributed by atoms with Crippen LogP contribution in [0, 0.1) is 0 Å². The van der Waals surface area contributed by atoms with Crippen LogP contribution in [-0.2, 0) is 17.9 Å². The molecule has 0 aliphatic carbocycles. The lowest BCUT2D eigenvalue weighted by Gasteiger charge is -2.32. The van der Waals surface area contributed by atoms with Gasteiger partial charge < -0.3 is 13.6 Å².